The predicted molar refractivity (Wildman–Crippen MR) is 141 cm³/mol. The lowest BCUT2D eigenvalue weighted by molar-refractivity contribution is 0.117. The van der Waals surface area contributed by atoms with Crippen molar-refractivity contribution >= 4 is 34.1 Å². The smallest absolute Gasteiger partial charge is 0.251 e. The SMILES string of the molecule is Cn1cncc1C(O)(c1ccc(Cl)cc1)c1cc2c3c(c1)c(-c1cccc(Cl)c1)cc(=O)n3CCO2. The molecule has 2 aromatic heterocycles. The highest BCUT2D eigenvalue weighted by Gasteiger charge is 2.38. The van der Waals surface area contributed by atoms with Crippen molar-refractivity contribution in [1.82, 2.24) is 14.1 Å². The molecule has 3 heterocycles. The molecule has 8 heteroatoms. The van der Waals surface area contributed by atoms with Gasteiger partial charge >= 0.3 is 0 Å². The van der Waals surface area contributed by atoms with Gasteiger partial charge in [0.05, 0.1) is 30.3 Å². The zero-order valence-electron chi connectivity index (χ0n) is 19.3. The number of aryl methyl sites for hydroxylation is 1. The van der Waals surface area contributed by atoms with E-state index in [1.165, 1.54) is 0 Å². The Morgan fingerprint density at radius 1 is 1.00 bits per heavy atom. The average molecular weight is 518 g/mol. The average Bonchev–Trinajstić information content (AvgIpc) is 3.32. The summed E-state index contributed by atoms with van der Waals surface area (Å²) in [6.45, 7) is 0.799. The van der Waals surface area contributed by atoms with Gasteiger partial charge in [-0.05, 0) is 58.7 Å². The molecular formula is C28H21Cl2N3O3. The van der Waals surface area contributed by atoms with E-state index in [1.54, 1.807) is 64.1 Å². The molecule has 1 aliphatic heterocycles. The molecule has 180 valence electrons. The number of imidazole rings is 1. The van der Waals surface area contributed by atoms with Crippen LogP contribution in [-0.4, -0.2) is 25.8 Å². The largest absolute Gasteiger partial charge is 0.490 e. The lowest BCUT2D eigenvalue weighted by Crippen LogP contribution is -2.32. The molecular weight excluding hydrogens is 497 g/mol. The molecule has 0 fully saturated rings. The Hall–Kier alpha value is -3.58. The molecule has 0 amide bonds. The molecule has 1 atom stereocenters. The van der Waals surface area contributed by atoms with E-state index in [9.17, 15) is 9.90 Å². The molecule has 0 aliphatic carbocycles. The van der Waals surface area contributed by atoms with Crippen LogP contribution in [0.25, 0.3) is 22.0 Å². The summed E-state index contributed by atoms with van der Waals surface area (Å²) in [5.74, 6) is 0.532. The third kappa shape index (κ3) is 3.53. The molecule has 36 heavy (non-hydrogen) atoms. The fourth-order valence-electron chi connectivity index (χ4n) is 5.02. The first-order valence-electron chi connectivity index (χ1n) is 11.4. The van der Waals surface area contributed by atoms with Gasteiger partial charge < -0.3 is 19.0 Å². The summed E-state index contributed by atoms with van der Waals surface area (Å²) in [6.07, 6.45) is 3.29. The van der Waals surface area contributed by atoms with E-state index in [0.29, 0.717) is 56.8 Å². The number of hydrogen-bond donors (Lipinski definition) is 1. The van der Waals surface area contributed by atoms with Crippen LogP contribution in [-0.2, 0) is 19.2 Å². The molecule has 0 saturated heterocycles. The van der Waals surface area contributed by atoms with E-state index in [-0.39, 0.29) is 5.56 Å². The van der Waals surface area contributed by atoms with Gasteiger partial charge in [-0.1, -0.05) is 47.5 Å². The second kappa shape index (κ2) is 8.52. The number of nitrogens with zero attached hydrogens (tertiary/aromatic N) is 3. The Kier molecular flexibility index (Phi) is 5.41. The van der Waals surface area contributed by atoms with E-state index in [1.807, 2.05) is 31.3 Å². The van der Waals surface area contributed by atoms with E-state index in [4.69, 9.17) is 27.9 Å². The molecule has 5 aromatic rings. The summed E-state index contributed by atoms with van der Waals surface area (Å²) < 4.78 is 9.56. The molecule has 0 saturated carbocycles. The van der Waals surface area contributed by atoms with Gasteiger partial charge in [-0.15, -0.1) is 0 Å². The van der Waals surface area contributed by atoms with E-state index < -0.39 is 5.60 Å². The Morgan fingerprint density at radius 2 is 1.81 bits per heavy atom. The molecule has 6 nitrogen and oxygen atoms in total. The standard InChI is InChI=1S/C28H21Cl2N3O3/c1-32-16-31-15-25(32)28(35,18-5-7-20(29)8-6-18)19-12-23-22(17-3-2-4-21(30)11-17)14-26(34)33-9-10-36-24(13-19)27(23)33/h2-8,11-16,35H,9-10H2,1H3. The van der Waals surface area contributed by atoms with Crippen LogP contribution in [0, 0.1) is 0 Å². The van der Waals surface area contributed by atoms with Gasteiger partial charge in [0.2, 0.25) is 0 Å². The summed E-state index contributed by atoms with van der Waals surface area (Å²) in [4.78, 5) is 17.4. The molecule has 1 N–H and O–H groups in total. The van der Waals surface area contributed by atoms with Crippen LogP contribution in [0.1, 0.15) is 16.8 Å². The predicted octanol–water partition coefficient (Wildman–Crippen LogP) is 5.39. The number of aromatic nitrogens is 3. The van der Waals surface area contributed by atoms with Crippen molar-refractivity contribution in [1.29, 1.82) is 0 Å². The topological polar surface area (TPSA) is 69.3 Å². The third-order valence-corrected chi connectivity index (χ3v) is 7.23. The quantitative estimate of drug-likeness (QED) is 0.347. The second-order valence-electron chi connectivity index (χ2n) is 8.88. The molecule has 0 bridgehead atoms. The Morgan fingerprint density at radius 3 is 2.53 bits per heavy atom. The zero-order chi connectivity index (χ0) is 25.0. The fraction of sp³-hybridized carbons (Fsp3) is 0.143. The normalized spacial score (nSPS) is 14.4. The number of benzene rings is 3. The summed E-state index contributed by atoms with van der Waals surface area (Å²) in [5.41, 5.74) is 2.28. The van der Waals surface area contributed by atoms with Gasteiger partial charge in [0.15, 0.2) is 5.60 Å². The van der Waals surface area contributed by atoms with Crippen molar-refractivity contribution in [3.8, 4) is 16.9 Å². The second-order valence-corrected chi connectivity index (χ2v) is 9.76. The van der Waals surface area contributed by atoms with E-state index in [0.717, 1.165) is 10.9 Å². The Bertz CT molecular complexity index is 1690. The maximum absolute atomic E-state index is 13.1. The monoisotopic (exact) mass is 517 g/mol. The minimum Gasteiger partial charge on any atom is -0.490 e. The van der Waals surface area contributed by atoms with Crippen molar-refractivity contribution < 1.29 is 9.84 Å². The first kappa shape index (κ1) is 22.9. The van der Waals surface area contributed by atoms with Gasteiger partial charge in [0.25, 0.3) is 5.56 Å². The fourth-order valence-corrected chi connectivity index (χ4v) is 5.34. The maximum Gasteiger partial charge on any atom is 0.251 e. The van der Waals surface area contributed by atoms with E-state index in [2.05, 4.69) is 4.98 Å². The molecule has 0 spiro atoms. The summed E-state index contributed by atoms with van der Waals surface area (Å²) >= 11 is 12.5. The summed E-state index contributed by atoms with van der Waals surface area (Å²) in [5, 5.41) is 14.4. The molecule has 3 aromatic carbocycles. The number of rotatable bonds is 4. The van der Waals surface area contributed by atoms with Crippen molar-refractivity contribution in [3.05, 3.63) is 116 Å². The van der Waals surface area contributed by atoms with Crippen molar-refractivity contribution in [2.45, 2.75) is 12.1 Å². The lowest BCUT2D eigenvalue weighted by Gasteiger charge is -2.32. The molecule has 0 radical (unpaired) electrons. The Labute approximate surface area is 216 Å². The lowest BCUT2D eigenvalue weighted by atomic mass is 9.82. The van der Waals surface area contributed by atoms with Gasteiger partial charge in [-0.3, -0.25) is 4.79 Å². The molecule has 6 rings (SSSR count). The van der Waals surface area contributed by atoms with Crippen LogP contribution < -0.4 is 10.3 Å². The number of aliphatic hydroxyl groups is 1. The van der Waals surface area contributed by atoms with Gasteiger partial charge in [-0.25, -0.2) is 4.98 Å². The summed E-state index contributed by atoms with van der Waals surface area (Å²) in [6, 6.07) is 19.8. The number of halogens is 2. The van der Waals surface area contributed by atoms with E-state index >= 15 is 0 Å². The molecule has 1 unspecified atom stereocenters. The van der Waals surface area contributed by atoms with Crippen molar-refractivity contribution in [2.24, 2.45) is 7.05 Å². The van der Waals surface area contributed by atoms with Gasteiger partial charge in [0.1, 0.15) is 12.4 Å². The third-order valence-electron chi connectivity index (χ3n) is 6.74. The van der Waals surface area contributed by atoms with Crippen LogP contribution in [0.3, 0.4) is 0 Å². The summed E-state index contributed by atoms with van der Waals surface area (Å²) in [7, 11) is 1.83. The first-order valence-corrected chi connectivity index (χ1v) is 12.2. The van der Waals surface area contributed by atoms with Gasteiger partial charge in [0, 0.05) is 28.5 Å². The van der Waals surface area contributed by atoms with Crippen molar-refractivity contribution in [3.63, 3.8) is 0 Å². The minimum absolute atomic E-state index is 0.116. The Balaban J connectivity index is 1.72. The molecule has 1 aliphatic rings. The van der Waals surface area contributed by atoms with Crippen LogP contribution in [0.2, 0.25) is 10.0 Å². The van der Waals surface area contributed by atoms with Crippen LogP contribution in [0.4, 0.5) is 0 Å². The van der Waals surface area contributed by atoms with Crippen molar-refractivity contribution in [2.75, 3.05) is 6.61 Å². The zero-order valence-corrected chi connectivity index (χ0v) is 20.8. The maximum atomic E-state index is 13.1. The first-order chi connectivity index (χ1) is 17.4. The minimum atomic E-state index is -1.58. The number of pyridine rings is 1. The van der Waals surface area contributed by atoms with Crippen LogP contribution in [0.5, 0.6) is 5.75 Å². The number of hydrogen-bond acceptors (Lipinski definition) is 4. The highest BCUT2D eigenvalue weighted by atomic mass is 35.5. The van der Waals surface area contributed by atoms with Gasteiger partial charge in [-0.2, -0.15) is 0 Å². The van der Waals surface area contributed by atoms with Crippen LogP contribution >= 0.6 is 23.2 Å². The highest BCUT2D eigenvalue weighted by molar-refractivity contribution is 6.31. The number of ether oxygens (including phenoxy) is 1. The highest BCUT2D eigenvalue weighted by Crippen LogP contribution is 2.43. The van der Waals surface area contributed by atoms with Crippen LogP contribution in [0.15, 0.2) is 84.0 Å².